The van der Waals surface area contributed by atoms with Crippen LogP contribution in [0.2, 0.25) is 5.02 Å². The lowest BCUT2D eigenvalue weighted by molar-refractivity contribution is -0.118. The van der Waals surface area contributed by atoms with Crippen molar-refractivity contribution in [2.24, 2.45) is 16.8 Å². The van der Waals surface area contributed by atoms with Crippen LogP contribution in [0.25, 0.3) is 0 Å². The van der Waals surface area contributed by atoms with E-state index in [4.69, 9.17) is 17.3 Å². The number of sulfone groups is 1. The monoisotopic (exact) mass is 507 g/mol. The molecule has 0 spiro atoms. The van der Waals surface area contributed by atoms with Crippen molar-refractivity contribution in [3.63, 3.8) is 0 Å². The second-order valence-electron chi connectivity index (χ2n) is 8.29. The lowest BCUT2D eigenvalue weighted by Crippen LogP contribution is -2.24. The molecule has 12 heteroatoms. The van der Waals surface area contributed by atoms with Gasteiger partial charge in [-0.25, -0.2) is 23.2 Å². The van der Waals surface area contributed by atoms with Crippen LogP contribution in [0.15, 0.2) is 40.6 Å². The number of carbonyl (C=O) groups is 2. The van der Waals surface area contributed by atoms with Gasteiger partial charge in [0.15, 0.2) is 21.3 Å². The van der Waals surface area contributed by atoms with Crippen LogP contribution in [0.4, 0.5) is 5.82 Å². The van der Waals surface area contributed by atoms with Gasteiger partial charge in [-0.05, 0) is 37.0 Å². The third-order valence-electron chi connectivity index (χ3n) is 5.50. The van der Waals surface area contributed by atoms with Gasteiger partial charge in [0.05, 0.1) is 28.2 Å². The van der Waals surface area contributed by atoms with E-state index in [0.717, 1.165) is 38.1 Å². The summed E-state index contributed by atoms with van der Waals surface area (Å²) >= 11 is 6.24. The Labute approximate surface area is 202 Å². The quantitative estimate of drug-likeness (QED) is 0.239. The number of nitrogens with zero attached hydrogens (tertiary/aromatic N) is 3. The van der Waals surface area contributed by atoms with E-state index in [2.05, 4.69) is 25.3 Å². The lowest BCUT2D eigenvalue weighted by atomic mass is 9.87. The molecule has 1 unspecified atom stereocenters. The van der Waals surface area contributed by atoms with Gasteiger partial charge in [-0.3, -0.25) is 4.79 Å². The highest BCUT2D eigenvalue weighted by Crippen LogP contribution is 2.36. The average Bonchev–Trinajstić information content (AvgIpc) is 3.28. The highest BCUT2D eigenvalue weighted by Gasteiger charge is 2.28. The molecule has 0 radical (unpaired) electrons. The summed E-state index contributed by atoms with van der Waals surface area (Å²) in [7, 11) is -3.49. The zero-order valence-electron chi connectivity index (χ0n) is 18.8. The highest BCUT2D eigenvalue weighted by atomic mass is 35.5. The minimum Gasteiger partial charge on any atom is -0.385 e. The summed E-state index contributed by atoms with van der Waals surface area (Å²) in [5.74, 6) is -1.14. The molecule has 1 aromatic heterocycles. The van der Waals surface area contributed by atoms with E-state index in [0.29, 0.717) is 17.9 Å². The molecule has 1 aliphatic carbocycles. The van der Waals surface area contributed by atoms with E-state index in [-0.39, 0.29) is 33.2 Å². The molecule has 1 amide bonds. The van der Waals surface area contributed by atoms with Crippen LogP contribution < -0.4 is 11.1 Å². The van der Waals surface area contributed by atoms with Crippen molar-refractivity contribution in [1.82, 2.24) is 9.97 Å². The highest BCUT2D eigenvalue weighted by molar-refractivity contribution is 7.90. The standard InChI is InChI=1S/C22H26ClN5O5S/c1-13(24)28-33-22(30)18-11-26-20(12-25-18)27-21(29)16(9-14-5-3-4-6-14)15-7-8-19(17(23)10-15)34(2,31)32/h7-8,10-12,14,16H,3-6,9H2,1-2H3,(H2,24,28)(H,26,27,29). The maximum absolute atomic E-state index is 13.2. The Morgan fingerprint density at radius 1 is 1.26 bits per heavy atom. The number of benzene rings is 1. The van der Waals surface area contributed by atoms with E-state index < -0.39 is 21.7 Å². The zero-order chi connectivity index (χ0) is 24.9. The third kappa shape index (κ3) is 6.73. The van der Waals surface area contributed by atoms with E-state index in [1.54, 1.807) is 6.07 Å². The van der Waals surface area contributed by atoms with Gasteiger partial charge in [0, 0.05) is 6.26 Å². The van der Waals surface area contributed by atoms with Crippen LogP contribution in [0.1, 0.15) is 61.0 Å². The molecule has 1 saturated carbocycles. The third-order valence-corrected chi connectivity index (χ3v) is 7.08. The number of oxime groups is 1. The molecular formula is C22H26ClN5O5S. The van der Waals surface area contributed by atoms with Gasteiger partial charge in [-0.15, -0.1) is 0 Å². The first kappa shape index (κ1) is 25.6. The summed E-state index contributed by atoms with van der Waals surface area (Å²) in [6.45, 7) is 1.46. The zero-order valence-corrected chi connectivity index (χ0v) is 20.4. The maximum atomic E-state index is 13.2. The normalized spacial score (nSPS) is 15.7. The second kappa shape index (κ2) is 10.9. The fourth-order valence-electron chi connectivity index (χ4n) is 3.88. The number of amides is 1. The second-order valence-corrected chi connectivity index (χ2v) is 10.7. The van der Waals surface area contributed by atoms with Crippen molar-refractivity contribution in [2.75, 3.05) is 11.6 Å². The SMILES string of the molecule is C/C(N)=N\OC(=O)c1cnc(NC(=O)C(CC2CCCC2)c2ccc(S(C)(=O)=O)c(Cl)c2)cn1. The Hall–Kier alpha value is -3.05. The van der Waals surface area contributed by atoms with Crippen LogP contribution in [0.3, 0.4) is 0 Å². The van der Waals surface area contributed by atoms with Crippen molar-refractivity contribution in [3.05, 3.63) is 46.9 Å². The Morgan fingerprint density at radius 3 is 2.53 bits per heavy atom. The molecule has 1 aromatic carbocycles. The fraction of sp³-hybridized carbons (Fsp3) is 0.409. The Kier molecular flexibility index (Phi) is 8.21. The maximum Gasteiger partial charge on any atom is 0.385 e. The van der Waals surface area contributed by atoms with Gasteiger partial charge >= 0.3 is 5.97 Å². The van der Waals surface area contributed by atoms with Gasteiger partial charge in [-0.1, -0.05) is 48.5 Å². The number of hydrogen-bond donors (Lipinski definition) is 2. The predicted molar refractivity (Wildman–Crippen MR) is 127 cm³/mol. The van der Waals surface area contributed by atoms with Crippen LogP contribution in [0.5, 0.6) is 0 Å². The minimum absolute atomic E-state index is 0.0143. The first-order valence-electron chi connectivity index (χ1n) is 10.7. The number of rotatable bonds is 8. The van der Waals surface area contributed by atoms with Crippen molar-refractivity contribution in [3.8, 4) is 0 Å². The number of aromatic nitrogens is 2. The van der Waals surface area contributed by atoms with Crippen molar-refractivity contribution < 1.29 is 22.8 Å². The van der Waals surface area contributed by atoms with Gasteiger partial charge in [0.1, 0.15) is 5.84 Å². The number of nitrogens with two attached hydrogens (primary N) is 1. The summed E-state index contributed by atoms with van der Waals surface area (Å²) in [5.41, 5.74) is 5.83. The number of anilines is 1. The number of amidine groups is 1. The van der Waals surface area contributed by atoms with Gasteiger partial charge in [-0.2, -0.15) is 0 Å². The molecule has 0 aliphatic heterocycles. The molecule has 1 heterocycles. The average molecular weight is 508 g/mol. The van der Waals surface area contributed by atoms with Gasteiger partial charge in [0.2, 0.25) is 5.91 Å². The number of carbonyl (C=O) groups excluding carboxylic acids is 2. The van der Waals surface area contributed by atoms with Crippen molar-refractivity contribution in [1.29, 1.82) is 0 Å². The Balaban J connectivity index is 1.80. The molecule has 3 N–H and O–H groups in total. The first-order chi connectivity index (χ1) is 16.0. The van der Waals surface area contributed by atoms with E-state index in [9.17, 15) is 18.0 Å². The van der Waals surface area contributed by atoms with Crippen LogP contribution in [-0.2, 0) is 19.5 Å². The number of halogens is 1. The van der Waals surface area contributed by atoms with Gasteiger partial charge < -0.3 is 15.9 Å². The summed E-state index contributed by atoms with van der Waals surface area (Å²) < 4.78 is 23.8. The Bertz CT molecular complexity index is 1190. The van der Waals surface area contributed by atoms with Crippen molar-refractivity contribution in [2.45, 2.75) is 49.8 Å². The summed E-state index contributed by atoms with van der Waals surface area (Å²) in [5, 5.41) is 6.16. The van der Waals surface area contributed by atoms with E-state index in [1.165, 1.54) is 25.3 Å². The predicted octanol–water partition coefficient (Wildman–Crippen LogP) is 3.29. The molecule has 34 heavy (non-hydrogen) atoms. The topological polar surface area (TPSA) is 154 Å². The van der Waals surface area contributed by atoms with Crippen LogP contribution in [-0.4, -0.2) is 42.4 Å². The summed E-state index contributed by atoms with van der Waals surface area (Å²) in [4.78, 5) is 37.7. The summed E-state index contributed by atoms with van der Waals surface area (Å²) in [6.07, 6.45) is 8.35. The number of hydrogen-bond acceptors (Lipinski definition) is 8. The molecule has 1 atom stereocenters. The molecule has 0 saturated heterocycles. The summed E-state index contributed by atoms with van der Waals surface area (Å²) in [6, 6.07) is 4.57. The molecule has 1 fully saturated rings. The Morgan fingerprint density at radius 2 is 1.97 bits per heavy atom. The van der Waals surface area contributed by atoms with Crippen molar-refractivity contribution >= 4 is 45.0 Å². The van der Waals surface area contributed by atoms with E-state index >= 15 is 0 Å². The molecule has 2 aromatic rings. The smallest absolute Gasteiger partial charge is 0.385 e. The molecule has 1 aliphatic rings. The van der Waals surface area contributed by atoms with Crippen LogP contribution in [0, 0.1) is 5.92 Å². The molecular weight excluding hydrogens is 482 g/mol. The minimum atomic E-state index is -3.49. The lowest BCUT2D eigenvalue weighted by Gasteiger charge is -2.21. The van der Waals surface area contributed by atoms with Gasteiger partial charge in [0.25, 0.3) is 0 Å². The molecule has 10 nitrogen and oxygen atoms in total. The molecule has 182 valence electrons. The first-order valence-corrected chi connectivity index (χ1v) is 13.0. The van der Waals surface area contributed by atoms with Crippen LogP contribution >= 0.6 is 11.6 Å². The largest absolute Gasteiger partial charge is 0.385 e. The number of nitrogens with one attached hydrogen (secondary N) is 1. The molecule has 3 rings (SSSR count). The fourth-order valence-corrected chi connectivity index (χ4v) is 5.22. The van der Waals surface area contributed by atoms with E-state index in [1.807, 2.05) is 0 Å². The molecule has 0 bridgehead atoms.